The molecule has 1 aliphatic heterocycles. The number of halogens is 2. The van der Waals surface area contributed by atoms with Gasteiger partial charge in [0.15, 0.2) is 0 Å². The average Bonchev–Trinajstić information content (AvgIpc) is 2.80. The van der Waals surface area contributed by atoms with E-state index in [1.807, 2.05) is 4.90 Å². The molecule has 2 aromatic carbocycles. The Morgan fingerprint density at radius 1 is 1.12 bits per heavy atom. The second-order valence-electron chi connectivity index (χ2n) is 7.89. The fourth-order valence-electron chi connectivity index (χ4n) is 3.97. The number of esters is 1. The van der Waals surface area contributed by atoms with E-state index in [4.69, 9.17) is 10.5 Å². The van der Waals surface area contributed by atoms with Gasteiger partial charge in [0.2, 0.25) is 5.43 Å². The molecule has 1 saturated heterocycles. The number of carboxylic acids is 1. The van der Waals surface area contributed by atoms with Crippen molar-refractivity contribution in [2.45, 2.75) is 13.5 Å². The van der Waals surface area contributed by atoms with Gasteiger partial charge in [-0.05, 0) is 24.3 Å². The van der Waals surface area contributed by atoms with E-state index in [9.17, 15) is 23.9 Å². The molecule has 34 heavy (non-hydrogen) atoms. The van der Waals surface area contributed by atoms with Crippen LogP contribution < -0.4 is 21.4 Å². The third kappa shape index (κ3) is 4.29. The summed E-state index contributed by atoms with van der Waals surface area (Å²) in [6.45, 7) is 3.20. The van der Waals surface area contributed by atoms with Crippen LogP contribution >= 0.6 is 0 Å². The zero-order valence-electron chi connectivity index (χ0n) is 18.2. The molecule has 0 radical (unpaired) electrons. The number of hydrogen-bond acceptors (Lipinski definition) is 7. The molecule has 1 aromatic heterocycles. The molecule has 0 saturated carbocycles. The van der Waals surface area contributed by atoms with Gasteiger partial charge < -0.3 is 30.4 Å². The lowest BCUT2D eigenvalue weighted by Gasteiger charge is -2.30. The van der Waals surface area contributed by atoms with Crippen molar-refractivity contribution in [2.75, 3.05) is 36.8 Å². The van der Waals surface area contributed by atoms with Gasteiger partial charge in [-0.2, -0.15) is 0 Å². The standard InChI is InChI=1S/C23H22F2N4O5/c1-12(30)34-11-13-6-16(24)18(26)8-19(13)29-10-15(23(32)33)22(31)14-7-17(25)21(9-20(14)29)28-4-2-27-3-5-28/h6-10,27H,2-5,11,26H2,1H3,(H,32,33). The Hall–Kier alpha value is -3.99. The van der Waals surface area contributed by atoms with Crippen molar-refractivity contribution >= 4 is 34.2 Å². The van der Waals surface area contributed by atoms with E-state index in [1.165, 1.54) is 23.6 Å². The Balaban J connectivity index is 2.04. The zero-order valence-corrected chi connectivity index (χ0v) is 18.2. The van der Waals surface area contributed by atoms with E-state index >= 15 is 4.39 Å². The van der Waals surface area contributed by atoms with Crippen LogP contribution in [0.1, 0.15) is 22.8 Å². The summed E-state index contributed by atoms with van der Waals surface area (Å²) in [6, 6.07) is 4.78. The van der Waals surface area contributed by atoms with E-state index < -0.39 is 34.6 Å². The molecule has 2 heterocycles. The van der Waals surface area contributed by atoms with Crippen molar-refractivity contribution in [1.29, 1.82) is 0 Å². The lowest BCUT2D eigenvalue weighted by Crippen LogP contribution is -2.43. The molecule has 0 bridgehead atoms. The summed E-state index contributed by atoms with van der Waals surface area (Å²) in [5, 5.41) is 12.6. The maximum Gasteiger partial charge on any atom is 0.341 e. The maximum absolute atomic E-state index is 15.1. The van der Waals surface area contributed by atoms with Crippen LogP contribution in [0.15, 0.2) is 35.3 Å². The Bertz CT molecular complexity index is 1370. The number of anilines is 2. The molecule has 178 valence electrons. The van der Waals surface area contributed by atoms with Crippen molar-refractivity contribution in [3.05, 3.63) is 63.4 Å². The number of carbonyl (C=O) groups is 2. The molecular formula is C23H22F2N4O5. The first kappa shape index (κ1) is 23.2. The van der Waals surface area contributed by atoms with E-state index in [0.29, 0.717) is 26.2 Å². The Morgan fingerprint density at radius 2 is 1.82 bits per heavy atom. The first-order chi connectivity index (χ1) is 16.2. The number of hydrogen-bond donors (Lipinski definition) is 3. The first-order valence-electron chi connectivity index (χ1n) is 10.5. The second-order valence-corrected chi connectivity index (χ2v) is 7.89. The van der Waals surface area contributed by atoms with Crippen LogP contribution in [0.3, 0.4) is 0 Å². The van der Waals surface area contributed by atoms with E-state index in [2.05, 4.69) is 5.32 Å². The highest BCUT2D eigenvalue weighted by molar-refractivity contribution is 5.94. The number of aromatic carboxylic acids is 1. The van der Waals surface area contributed by atoms with Crippen molar-refractivity contribution in [2.24, 2.45) is 0 Å². The largest absolute Gasteiger partial charge is 0.477 e. The van der Waals surface area contributed by atoms with Gasteiger partial charge in [-0.25, -0.2) is 13.6 Å². The van der Waals surface area contributed by atoms with Gasteiger partial charge >= 0.3 is 11.9 Å². The van der Waals surface area contributed by atoms with Crippen molar-refractivity contribution in [3.8, 4) is 5.69 Å². The predicted molar refractivity (Wildman–Crippen MR) is 121 cm³/mol. The molecule has 4 N–H and O–H groups in total. The van der Waals surface area contributed by atoms with Gasteiger partial charge in [0.25, 0.3) is 0 Å². The minimum absolute atomic E-state index is 0.169. The van der Waals surface area contributed by atoms with Gasteiger partial charge in [0, 0.05) is 50.2 Å². The minimum atomic E-state index is -1.51. The molecule has 1 fully saturated rings. The molecule has 4 rings (SSSR count). The number of benzene rings is 2. The molecule has 11 heteroatoms. The minimum Gasteiger partial charge on any atom is -0.477 e. The molecule has 0 aliphatic carbocycles. The topological polar surface area (TPSA) is 127 Å². The quantitative estimate of drug-likeness (QED) is 0.380. The van der Waals surface area contributed by atoms with Crippen LogP contribution in [0, 0.1) is 11.6 Å². The monoisotopic (exact) mass is 472 g/mol. The van der Waals surface area contributed by atoms with E-state index in [1.54, 1.807) is 0 Å². The fraction of sp³-hybridized carbons (Fsp3) is 0.261. The van der Waals surface area contributed by atoms with Crippen molar-refractivity contribution in [3.63, 3.8) is 0 Å². The summed E-state index contributed by atoms with van der Waals surface area (Å²) in [4.78, 5) is 37.8. The summed E-state index contributed by atoms with van der Waals surface area (Å²) < 4.78 is 35.7. The fourth-order valence-corrected chi connectivity index (χ4v) is 3.97. The van der Waals surface area contributed by atoms with Crippen LogP contribution in [-0.2, 0) is 16.1 Å². The number of piperazine rings is 1. The summed E-state index contributed by atoms with van der Waals surface area (Å²) in [5.74, 6) is -3.55. The van der Waals surface area contributed by atoms with Gasteiger partial charge in [-0.3, -0.25) is 9.59 Å². The van der Waals surface area contributed by atoms with Crippen LogP contribution in [0.2, 0.25) is 0 Å². The van der Waals surface area contributed by atoms with E-state index in [-0.39, 0.29) is 40.1 Å². The average molecular weight is 472 g/mol. The van der Waals surface area contributed by atoms with Crippen LogP contribution in [0.5, 0.6) is 0 Å². The SMILES string of the molecule is CC(=O)OCc1cc(F)c(N)cc1-n1cc(C(=O)O)c(=O)c2cc(F)c(N3CCNCC3)cc21. The highest BCUT2D eigenvalue weighted by Gasteiger charge is 2.22. The molecule has 0 spiro atoms. The van der Waals surface area contributed by atoms with Gasteiger partial charge in [0.05, 0.1) is 22.6 Å². The molecule has 9 nitrogen and oxygen atoms in total. The van der Waals surface area contributed by atoms with Crippen LogP contribution in [0.4, 0.5) is 20.2 Å². The molecule has 0 atom stereocenters. The number of nitrogen functional groups attached to an aromatic ring is 1. The number of nitrogens with one attached hydrogen (secondary N) is 1. The van der Waals surface area contributed by atoms with Gasteiger partial charge in [0.1, 0.15) is 23.8 Å². The number of carboxylic acid groups (broad SMARTS) is 1. The zero-order chi connectivity index (χ0) is 24.6. The number of aromatic nitrogens is 1. The highest BCUT2D eigenvalue weighted by Crippen LogP contribution is 2.30. The van der Waals surface area contributed by atoms with E-state index in [0.717, 1.165) is 18.3 Å². The Morgan fingerprint density at radius 3 is 2.47 bits per heavy atom. The normalized spacial score (nSPS) is 13.8. The number of pyridine rings is 1. The number of rotatable bonds is 5. The van der Waals surface area contributed by atoms with Crippen LogP contribution in [-0.4, -0.2) is 47.8 Å². The van der Waals surface area contributed by atoms with Gasteiger partial charge in [-0.15, -0.1) is 0 Å². The predicted octanol–water partition coefficient (Wildman–Crippen LogP) is 2.02. The number of nitrogens with zero attached hydrogens (tertiary/aromatic N) is 2. The maximum atomic E-state index is 15.1. The molecule has 0 amide bonds. The molecular weight excluding hydrogens is 450 g/mol. The molecule has 1 aliphatic rings. The third-order valence-electron chi connectivity index (χ3n) is 5.65. The molecule has 0 unspecified atom stereocenters. The third-order valence-corrected chi connectivity index (χ3v) is 5.65. The smallest absolute Gasteiger partial charge is 0.341 e. The van der Waals surface area contributed by atoms with Crippen molar-refractivity contribution < 1.29 is 28.2 Å². The molecule has 3 aromatic rings. The van der Waals surface area contributed by atoms with Gasteiger partial charge in [-0.1, -0.05) is 0 Å². The number of nitrogens with two attached hydrogens (primary N) is 1. The second kappa shape index (κ2) is 9.10. The number of ether oxygens (including phenoxy) is 1. The lowest BCUT2D eigenvalue weighted by atomic mass is 10.1. The lowest BCUT2D eigenvalue weighted by molar-refractivity contribution is -0.142. The van der Waals surface area contributed by atoms with Crippen LogP contribution in [0.25, 0.3) is 16.6 Å². The summed E-state index contributed by atoms with van der Waals surface area (Å²) in [7, 11) is 0. The Labute approximate surface area is 192 Å². The summed E-state index contributed by atoms with van der Waals surface area (Å²) in [6.07, 6.45) is 1.08. The Kier molecular flexibility index (Phi) is 6.20. The first-order valence-corrected chi connectivity index (χ1v) is 10.5. The number of fused-ring (bicyclic) bond motifs is 1. The highest BCUT2D eigenvalue weighted by atomic mass is 19.1. The summed E-state index contributed by atoms with van der Waals surface area (Å²) >= 11 is 0. The number of carbonyl (C=O) groups excluding carboxylic acids is 1. The summed E-state index contributed by atoms with van der Waals surface area (Å²) in [5.41, 5.74) is 4.86. The van der Waals surface area contributed by atoms with Crippen molar-refractivity contribution in [1.82, 2.24) is 9.88 Å².